The third-order valence-corrected chi connectivity index (χ3v) is 5.36. The van der Waals surface area contributed by atoms with E-state index in [1.165, 1.54) is 6.07 Å². The summed E-state index contributed by atoms with van der Waals surface area (Å²) in [6, 6.07) is 10.2. The van der Waals surface area contributed by atoms with E-state index in [-0.39, 0.29) is 24.1 Å². The van der Waals surface area contributed by atoms with Crippen LogP contribution in [-0.4, -0.2) is 29.8 Å². The average molecular weight is 433 g/mol. The van der Waals surface area contributed by atoms with Crippen molar-refractivity contribution < 1.29 is 14.0 Å². The summed E-state index contributed by atoms with van der Waals surface area (Å²) in [5.74, 6) is -0.518. The summed E-state index contributed by atoms with van der Waals surface area (Å²) in [5.41, 5.74) is 2.51. The van der Waals surface area contributed by atoms with Crippen LogP contribution in [0.3, 0.4) is 0 Å². The van der Waals surface area contributed by atoms with E-state index >= 15 is 0 Å². The van der Waals surface area contributed by atoms with E-state index < -0.39 is 0 Å². The number of hydrogen-bond donors (Lipinski definition) is 1. The lowest BCUT2D eigenvalue weighted by Crippen LogP contribution is -2.28. The first kappa shape index (κ1) is 19.5. The molecule has 0 saturated carbocycles. The van der Waals surface area contributed by atoms with Gasteiger partial charge in [-0.1, -0.05) is 28.1 Å². The minimum Gasteiger partial charge on any atom is -0.339 e. The van der Waals surface area contributed by atoms with Gasteiger partial charge >= 0.3 is 0 Å². The lowest BCUT2D eigenvalue weighted by atomic mass is 10.0. The molecule has 4 nitrogen and oxygen atoms in total. The van der Waals surface area contributed by atoms with E-state index in [1.807, 2.05) is 11.8 Å². The quantitative estimate of drug-likeness (QED) is 0.743. The zero-order chi connectivity index (χ0) is 19.4. The Kier molecular flexibility index (Phi) is 6.26. The van der Waals surface area contributed by atoms with Crippen molar-refractivity contribution in [1.29, 1.82) is 0 Å². The van der Waals surface area contributed by atoms with Gasteiger partial charge in [-0.15, -0.1) is 0 Å². The highest BCUT2D eigenvalue weighted by molar-refractivity contribution is 9.10. The number of carbonyl (C=O) groups excluding carboxylic acids is 2. The highest BCUT2D eigenvalue weighted by Gasteiger charge is 2.22. The summed E-state index contributed by atoms with van der Waals surface area (Å²) in [7, 11) is 0. The van der Waals surface area contributed by atoms with Crippen molar-refractivity contribution in [2.24, 2.45) is 0 Å². The van der Waals surface area contributed by atoms with Crippen LogP contribution in [-0.2, 0) is 11.2 Å². The molecular weight excluding hydrogens is 411 g/mol. The molecule has 1 N–H and O–H groups in total. The summed E-state index contributed by atoms with van der Waals surface area (Å²) in [6.45, 7) is 3.41. The topological polar surface area (TPSA) is 49.4 Å². The SMILES string of the molecule is Cc1c(NC(=O)CCc2ccc(Br)cc2F)cccc1C(=O)N1CCCC1. The van der Waals surface area contributed by atoms with Crippen molar-refractivity contribution in [2.75, 3.05) is 18.4 Å². The molecule has 0 unspecified atom stereocenters. The van der Waals surface area contributed by atoms with E-state index in [9.17, 15) is 14.0 Å². The van der Waals surface area contributed by atoms with Gasteiger partial charge in [0.2, 0.25) is 5.91 Å². The normalized spacial score (nSPS) is 13.7. The Morgan fingerprint density at radius 1 is 1.19 bits per heavy atom. The van der Waals surface area contributed by atoms with Crippen molar-refractivity contribution >= 4 is 33.4 Å². The molecule has 1 heterocycles. The first-order chi connectivity index (χ1) is 13.0. The molecule has 27 heavy (non-hydrogen) atoms. The predicted molar refractivity (Wildman–Crippen MR) is 107 cm³/mol. The van der Waals surface area contributed by atoms with Crippen LogP contribution in [0.4, 0.5) is 10.1 Å². The molecule has 2 amide bonds. The predicted octanol–water partition coefficient (Wildman–Crippen LogP) is 4.70. The van der Waals surface area contributed by atoms with Crippen LogP contribution in [0.15, 0.2) is 40.9 Å². The number of hydrogen-bond acceptors (Lipinski definition) is 2. The second-order valence-electron chi connectivity index (χ2n) is 6.76. The van der Waals surface area contributed by atoms with Gasteiger partial charge in [-0.2, -0.15) is 0 Å². The lowest BCUT2D eigenvalue weighted by Gasteiger charge is -2.18. The first-order valence-electron chi connectivity index (χ1n) is 9.08. The molecule has 0 atom stereocenters. The second kappa shape index (κ2) is 8.65. The third kappa shape index (κ3) is 4.75. The number of rotatable bonds is 5. The van der Waals surface area contributed by atoms with Crippen LogP contribution >= 0.6 is 15.9 Å². The maximum Gasteiger partial charge on any atom is 0.254 e. The Balaban J connectivity index is 1.65. The van der Waals surface area contributed by atoms with Crippen molar-refractivity contribution in [1.82, 2.24) is 4.90 Å². The summed E-state index contributed by atoms with van der Waals surface area (Å²) in [5, 5.41) is 2.86. The average Bonchev–Trinajstić information content (AvgIpc) is 3.17. The van der Waals surface area contributed by atoms with Gasteiger partial charge in [-0.05, 0) is 61.6 Å². The highest BCUT2D eigenvalue weighted by atomic mass is 79.9. The Morgan fingerprint density at radius 3 is 2.63 bits per heavy atom. The Bertz CT molecular complexity index is 863. The molecule has 0 spiro atoms. The number of benzene rings is 2. The Morgan fingerprint density at radius 2 is 1.93 bits per heavy atom. The van der Waals surface area contributed by atoms with Gasteiger partial charge in [0.15, 0.2) is 0 Å². The van der Waals surface area contributed by atoms with Crippen molar-refractivity contribution in [3.63, 3.8) is 0 Å². The van der Waals surface area contributed by atoms with E-state index in [0.717, 1.165) is 31.5 Å². The van der Waals surface area contributed by atoms with Crippen LogP contribution in [0.1, 0.15) is 40.7 Å². The molecule has 0 aliphatic carbocycles. The molecular formula is C21H22BrFN2O2. The smallest absolute Gasteiger partial charge is 0.254 e. The first-order valence-corrected chi connectivity index (χ1v) is 9.87. The molecule has 3 rings (SSSR count). The zero-order valence-electron chi connectivity index (χ0n) is 15.2. The van der Waals surface area contributed by atoms with Crippen LogP contribution in [0, 0.1) is 12.7 Å². The molecule has 1 aliphatic heterocycles. The van der Waals surface area contributed by atoms with Crippen molar-refractivity contribution in [2.45, 2.75) is 32.6 Å². The summed E-state index contributed by atoms with van der Waals surface area (Å²) >= 11 is 3.22. The van der Waals surface area contributed by atoms with Crippen LogP contribution in [0.5, 0.6) is 0 Å². The second-order valence-corrected chi connectivity index (χ2v) is 7.68. The molecule has 0 radical (unpaired) electrons. The fourth-order valence-electron chi connectivity index (χ4n) is 3.28. The van der Waals surface area contributed by atoms with E-state index in [1.54, 1.807) is 30.3 Å². The minimum absolute atomic E-state index is 0.0121. The molecule has 1 fully saturated rings. The van der Waals surface area contributed by atoms with E-state index in [2.05, 4.69) is 21.2 Å². The largest absolute Gasteiger partial charge is 0.339 e. The molecule has 2 aromatic carbocycles. The van der Waals surface area contributed by atoms with Gasteiger partial charge in [0, 0.05) is 35.2 Å². The van der Waals surface area contributed by atoms with Gasteiger partial charge in [0.25, 0.3) is 5.91 Å². The third-order valence-electron chi connectivity index (χ3n) is 4.87. The van der Waals surface area contributed by atoms with Gasteiger partial charge in [0.05, 0.1) is 0 Å². The Labute approximate surface area is 166 Å². The zero-order valence-corrected chi connectivity index (χ0v) is 16.8. The molecule has 0 aromatic heterocycles. The maximum absolute atomic E-state index is 13.9. The number of anilines is 1. The van der Waals surface area contributed by atoms with Crippen LogP contribution in [0.25, 0.3) is 0 Å². The molecule has 2 aromatic rings. The lowest BCUT2D eigenvalue weighted by molar-refractivity contribution is -0.116. The maximum atomic E-state index is 13.9. The number of nitrogens with zero attached hydrogens (tertiary/aromatic N) is 1. The number of halogens is 2. The van der Waals surface area contributed by atoms with Crippen LogP contribution < -0.4 is 5.32 Å². The van der Waals surface area contributed by atoms with E-state index in [4.69, 9.17) is 0 Å². The number of amides is 2. The monoisotopic (exact) mass is 432 g/mol. The minimum atomic E-state index is -0.327. The summed E-state index contributed by atoms with van der Waals surface area (Å²) in [6.07, 6.45) is 2.56. The van der Waals surface area contributed by atoms with Crippen LogP contribution in [0.2, 0.25) is 0 Å². The summed E-state index contributed by atoms with van der Waals surface area (Å²) < 4.78 is 14.5. The highest BCUT2D eigenvalue weighted by Crippen LogP contribution is 2.23. The van der Waals surface area contributed by atoms with Gasteiger partial charge in [0.1, 0.15) is 5.82 Å². The number of likely N-dealkylation sites (tertiary alicyclic amines) is 1. The number of aryl methyl sites for hydroxylation is 1. The van der Waals surface area contributed by atoms with Crippen molar-refractivity contribution in [3.8, 4) is 0 Å². The number of nitrogens with one attached hydrogen (secondary N) is 1. The molecule has 142 valence electrons. The Hall–Kier alpha value is -2.21. The van der Waals surface area contributed by atoms with Gasteiger partial charge in [-0.3, -0.25) is 9.59 Å². The fourth-order valence-corrected chi connectivity index (χ4v) is 3.61. The molecule has 6 heteroatoms. The molecule has 1 aliphatic rings. The summed E-state index contributed by atoms with van der Waals surface area (Å²) in [4.78, 5) is 26.8. The van der Waals surface area contributed by atoms with Crippen molar-refractivity contribution in [3.05, 3.63) is 63.4 Å². The fraction of sp³-hybridized carbons (Fsp3) is 0.333. The number of carbonyl (C=O) groups is 2. The molecule has 1 saturated heterocycles. The van der Waals surface area contributed by atoms with Gasteiger partial charge in [-0.25, -0.2) is 4.39 Å². The van der Waals surface area contributed by atoms with Gasteiger partial charge < -0.3 is 10.2 Å². The molecule has 0 bridgehead atoms. The standard InChI is InChI=1S/C21H22BrFN2O2/c1-14-17(21(27)25-11-2-3-12-25)5-4-6-19(14)24-20(26)10-8-15-7-9-16(22)13-18(15)23/h4-7,9,13H,2-3,8,10-12H2,1H3,(H,24,26). The van der Waals surface area contributed by atoms with E-state index in [0.29, 0.717) is 27.7 Å².